The molecule has 0 aromatic heterocycles. The van der Waals surface area contributed by atoms with E-state index in [0.717, 1.165) is 6.42 Å². The molecule has 0 saturated carbocycles. The first-order valence-electron chi connectivity index (χ1n) is 5.07. The second-order valence-corrected chi connectivity index (χ2v) is 3.83. The monoisotopic (exact) mass is 212 g/mol. The summed E-state index contributed by atoms with van der Waals surface area (Å²) in [6.07, 6.45) is 5.06. The predicted molar refractivity (Wildman–Crippen MR) is 55.6 cm³/mol. The highest BCUT2D eigenvalue weighted by Crippen LogP contribution is 2.40. The lowest BCUT2D eigenvalue weighted by atomic mass is 9.75. The predicted octanol–water partition coefficient (Wildman–Crippen LogP) is 2.54. The van der Waals surface area contributed by atoms with Crippen molar-refractivity contribution in [1.29, 1.82) is 0 Å². The normalized spacial score (nSPS) is 25.7. The number of aliphatic hydroxyl groups excluding tert-OH is 2. The number of rotatable bonds is 4. The molecule has 4 heteroatoms. The van der Waals surface area contributed by atoms with Crippen molar-refractivity contribution in [3.05, 3.63) is 23.7 Å². The lowest BCUT2D eigenvalue weighted by molar-refractivity contribution is -0.149. The molecule has 1 atom stereocenters. The van der Waals surface area contributed by atoms with Gasteiger partial charge in [0.15, 0.2) is 11.5 Å². The molecule has 1 aliphatic carbocycles. The lowest BCUT2D eigenvalue weighted by Crippen LogP contribution is -2.35. The number of carboxylic acid groups (broad SMARTS) is 1. The van der Waals surface area contributed by atoms with Gasteiger partial charge in [-0.3, -0.25) is 4.79 Å². The van der Waals surface area contributed by atoms with Crippen LogP contribution >= 0.6 is 0 Å². The van der Waals surface area contributed by atoms with Crippen LogP contribution < -0.4 is 0 Å². The summed E-state index contributed by atoms with van der Waals surface area (Å²) in [6.45, 7) is 1.95. The second kappa shape index (κ2) is 4.38. The van der Waals surface area contributed by atoms with E-state index in [1.54, 1.807) is 6.08 Å². The van der Waals surface area contributed by atoms with Crippen molar-refractivity contribution in [3.8, 4) is 0 Å². The van der Waals surface area contributed by atoms with E-state index in [2.05, 4.69) is 0 Å². The maximum Gasteiger partial charge on any atom is 0.317 e. The molecule has 0 aromatic rings. The number of aliphatic hydroxyl groups is 2. The quantitative estimate of drug-likeness (QED) is 0.669. The Labute approximate surface area is 88.5 Å². The molecule has 0 heterocycles. The van der Waals surface area contributed by atoms with Crippen LogP contribution in [0, 0.1) is 5.41 Å². The summed E-state index contributed by atoms with van der Waals surface area (Å²) in [5.41, 5.74) is -1.32. The van der Waals surface area contributed by atoms with Gasteiger partial charge in [-0.25, -0.2) is 0 Å². The standard InChI is InChI=1S/C11H16O4/c1-2-3-6-11(10(14)15)7-4-5-8(12)9(11)13/h4-5,12-13H,2-3,6-7H2,1H3,(H,14,15). The average Bonchev–Trinajstić information content (AvgIpc) is 2.20. The average molecular weight is 212 g/mol. The number of carboxylic acids is 1. The number of hydrogen-bond donors (Lipinski definition) is 3. The van der Waals surface area contributed by atoms with Gasteiger partial charge in [0.05, 0.1) is 0 Å². The van der Waals surface area contributed by atoms with Crippen LogP contribution in [0.5, 0.6) is 0 Å². The first kappa shape index (κ1) is 11.6. The zero-order valence-electron chi connectivity index (χ0n) is 8.73. The Kier molecular flexibility index (Phi) is 3.39. The van der Waals surface area contributed by atoms with Crippen LogP contribution in [0.4, 0.5) is 0 Å². The zero-order valence-corrected chi connectivity index (χ0v) is 8.73. The van der Waals surface area contributed by atoms with Crippen molar-refractivity contribution >= 4 is 5.97 Å². The van der Waals surface area contributed by atoms with Crippen LogP contribution in [-0.2, 0) is 4.79 Å². The van der Waals surface area contributed by atoms with Crippen LogP contribution in [0.15, 0.2) is 23.7 Å². The Balaban J connectivity index is 3.02. The number of aliphatic carboxylic acids is 1. The molecular weight excluding hydrogens is 196 g/mol. The van der Waals surface area contributed by atoms with Gasteiger partial charge in [-0.2, -0.15) is 0 Å². The Morgan fingerprint density at radius 1 is 1.53 bits per heavy atom. The van der Waals surface area contributed by atoms with E-state index >= 15 is 0 Å². The topological polar surface area (TPSA) is 77.8 Å². The summed E-state index contributed by atoms with van der Waals surface area (Å²) in [7, 11) is 0. The van der Waals surface area contributed by atoms with E-state index in [1.807, 2.05) is 6.92 Å². The Morgan fingerprint density at radius 2 is 2.20 bits per heavy atom. The maximum absolute atomic E-state index is 11.2. The third-order valence-corrected chi connectivity index (χ3v) is 2.80. The van der Waals surface area contributed by atoms with Crippen molar-refractivity contribution in [2.24, 2.45) is 5.41 Å². The summed E-state index contributed by atoms with van der Waals surface area (Å²) in [4.78, 5) is 11.2. The molecule has 0 bridgehead atoms. The summed E-state index contributed by atoms with van der Waals surface area (Å²) in [6, 6.07) is 0. The molecule has 15 heavy (non-hydrogen) atoms. The first-order chi connectivity index (χ1) is 7.04. The van der Waals surface area contributed by atoms with Gasteiger partial charge in [0.25, 0.3) is 0 Å². The van der Waals surface area contributed by atoms with Gasteiger partial charge in [0.1, 0.15) is 5.41 Å². The van der Waals surface area contributed by atoms with Gasteiger partial charge in [-0.05, 0) is 18.9 Å². The largest absolute Gasteiger partial charge is 0.507 e. The fourth-order valence-corrected chi connectivity index (χ4v) is 1.79. The molecule has 3 N–H and O–H groups in total. The highest BCUT2D eigenvalue weighted by Gasteiger charge is 2.44. The van der Waals surface area contributed by atoms with Crippen molar-refractivity contribution in [2.45, 2.75) is 32.6 Å². The zero-order chi connectivity index (χ0) is 11.5. The molecule has 1 aliphatic rings. The molecule has 0 aliphatic heterocycles. The van der Waals surface area contributed by atoms with Crippen LogP contribution in [0.25, 0.3) is 0 Å². The van der Waals surface area contributed by atoms with Crippen LogP contribution in [0.1, 0.15) is 32.6 Å². The molecule has 0 amide bonds. The Hall–Kier alpha value is -1.45. The van der Waals surface area contributed by atoms with Gasteiger partial charge in [0, 0.05) is 0 Å². The Bertz CT molecular complexity index is 317. The van der Waals surface area contributed by atoms with E-state index in [9.17, 15) is 15.0 Å². The third kappa shape index (κ3) is 1.98. The minimum absolute atomic E-state index is 0.234. The van der Waals surface area contributed by atoms with Crippen molar-refractivity contribution < 1.29 is 20.1 Å². The van der Waals surface area contributed by atoms with E-state index in [4.69, 9.17) is 5.11 Å². The summed E-state index contributed by atoms with van der Waals surface area (Å²) in [5.74, 6) is -1.82. The molecule has 0 saturated heterocycles. The van der Waals surface area contributed by atoms with Gasteiger partial charge >= 0.3 is 5.97 Å². The molecule has 1 rings (SSSR count). The summed E-state index contributed by atoms with van der Waals surface area (Å²) in [5, 5.41) is 28.2. The summed E-state index contributed by atoms with van der Waals surface area (Å²) < 4.78 is 0. The van der Waals surface area contributed by atoms with E-state index < -0.39 is 17.1 Å². The smallest absolute Gasteiger partial charge is 0.317 e. The SMILES string of the molecule is CCCCC1(C(=O)O)CC=CC(O)=C1O. The van der Waals surface area contributed by atoms with E-state index in [-0.39, 0.29) is 12.2 Å². The molecule has 0 spiro atoms. The third-order valence-electron chi connectivity index (χ3n) is 2.80. The molecule has 1 unspecified atom stereocenters. The second-order valence-electron chi connectivity index (χ2n) is 3.83. The molecule has 0 aromatic carbocycles. The van der Waals surface area contributed by atoms with Crippen molar-refractivity contribution in [3.63, 3.8) is 0 Å². The van der Waals surface area contributed by atoms with Crippen molar-refractivity contribution in [1.82, 2.24) is 0 Å². The van der Waals surface area contributed by atoms with Gasteiger partial charge in [-0.1, -0.05) is 25.8 Å². The maximum atomic E-state index is 11.2. The highest BCUT2D eigenvalue weighted by molar-refractivity contribution is 5.79. The Morgan fingerprint density at radius 3 is 2.73 bits per heavy atom. The molecule has 84 valence electrons. The number of unbranched alkanes of at least 4 members (excludes halogenated alkanes) is 1. The number of carbonyl (C=O) groups is 1. The fraction of sp³-hybridized carbons (Fsp3) is 0.545. The van der Waals surface area contributed by atoms with E-state index in [0.29, 0.717) is 12.8 Å². The van der Waals surface area contributed by atoms with Crippen LogP contribution in [-0.4, -0.2) is 21.3 Å². The lowest BCUT2D eigenvalue weighted by Gasteiger charge is -2.29. The minimum atomic E-state index is -1.32. The van der Waals surface area contributed by atoms with Gasteiger partial charge in [0.2, 0.25) is 0 Å². The van der Waals surface area contributed by atoms with E-state index in [1.165, 1.54) is 6.08 Å². The van der Waals surface area contributed by atoms with Crippen LogP contribution in [0.2, 0.25) is 0 Å². The highest BCUT2D eigenvalue weighted by atomic mass is 16.4. The fourth-order valence-electron chi connectivity index (χ4n) is 1.79. The molecular formula is C11H16O4. The minimum Gasteiger partial charge on any atom is -0.507 e. The number of hydrogen-bond acceptors (Lipinski definition) is 3. The first-order valence-corrected chi connectivity index (χ1v) is 5.07. The molecule has 4 nitrogen and oxygen atoms in total. The summed E-state index contributed by atoms with van der Waals surface area (Å²) >= 11 is 0. The van der Waals surface area contributed by atoms with Gasteiger partial charge < -0.3 is 15.3 Å². The number of allylic oxidation sites excluding steroid dienone is 2. The molecule has 0 fully saturated rings. The van der Waals surface area contributed by atoms with Gasteiger partial charge in [-0.15, -0.1) is 0 Å². The van der Waals surface area contributed by atoms with Crippen LogP contribution in [0.3, 0.4) is 0 Å². The van der Waals surface area contributed by atoms with Crippen molar-refractivity contribution in [2.75, 3.05) is 0 Å². The molecule has 0 radical (unpaired) electrons.